The van der Waals surface area contributed by atoms with Gasteiger partial charge < -0.3 is 14.4 Å². The molecule has 2 aromatic rings. The summed E-state index contributed by atoms with van der Waals surface area (Å²) in [4.78, 5) is 14.8. The van der Waals surface area contributed by atoms with Crippen molar-refractivity contribution in [1.82, 2.24) is 4.90 Å². The summed E-state index contributed by atoms with van der Waals surface area (Å²) in [7, 11) is 0. The second-order valence-electron chi connectivity index (χ2n) is 7.07. The Hall–Kier alpha value is -2.04. The summed E-state index contributed by atoms with van der Waals surface area (Å²) in [6.45, 7) is 4.46. The molecule has 1 saturated heterocycles. The minimum atomic E-state index is -0.108. The van der Waals surface area contributed by atoms with E-state index >= 15 is 0 Å². The van der Waals surface area contributed by atoms with Crippen LogP contribution in [0.4, 0.5) is 0 Å². The molecular formula is C23H28ClNO3. The van der Waals surface area contributed by atoms with Crippen LogP contribution in [0.5, 0.6) is 5.75 Å². The second-order valence-corrected chi connectivity index (χ2v) is 7.48. The Kier molecular flexibility index (Phi) is 7.75. The van der Waals surface area contributed by atoms with E-state index in [1.807, 2.05) is 41.3 Å². The standard InChI is InChI=1S/C23H28ClNO3/c1-2-3-4-8-14-27-19-11-12-20(21(24)16-19)23(26)25-13-15-28-22(17-25)18-9-6-5-7-10-18/h5-7,9-12,16,22H,2-4,8,13-15,17H2,1H3. The number of halogens is 1. The molecule has 0 N–H and O–H groups in total. The molecule has 1 fully saturated rings. The molecule has 0 aromatic heterocycles. The lowest BCUT2D eigenvalue weighted by molar-refractivity contribution is -0.0228. The van der Waals surface area contributed by atoms with Gasteiger partial charge >= 0.3 is 0 Å². The predicted molar refractivity (Wildman–Crippen MR) is 112 cm³/mol. The van der Waals surface area contributed by atoms with Gasteiger partial charge in [-0.3, -0.25) is 4.79 Å². The van der Waals surface area contributed by atoms with Gasteiger partial charge in [0, 0.05) is 6.54 Å². The molecule has 1 amide bonds. The molecule has 28 heavy (non-hydrogen) atoms. The zero-order valence-electron chi connectivity index (χ0n) is 16.4. The first-order chi connectivity index (χ1) is 13.7. The lowest BCUT2D eigenvalue weighted by Crippen LogP contribution is -2.42. The van der Waals surface area contributed by atoms with Gasteiger partial charge in [0.1, 0.15) is 11.9 Å². The maximum Gasteiger partial charge on any atom is 0.255 e. The number of hydrogen-bond acceptors (Lipinski definition) is 3. The number of carbonyl (C=O) groups excluding carboxylic acids is 1. The molecule has 0 radical (unpaired) electrons. The third-order valence-electron chi connectivity index (χ3n) is 4.96. The molecule has 2 aromatic carbocycles. The SMILES string of the molecule is CCCCCCOc1ccc(C(=O)N2CCOC(c3ccccc3)C2)c(Cl)c1. The number of amides is 1. The van der Waals surface area contributed by atoms with Crippen LogP contribution in [0.15, 0.2) is 48.5 Å². The van der Waals surface area contributed by atoms with Gasteiger partial charge in [-0.05, 0) is 30.2 Å². The number of rotatable bonds is 8. The fraction of sp³-hybridized carbons (Fsp3) is 0.435. The fourth-order valence-electron chi connectivity index (χ4n) is 3.35. The van der Waals surface area contributed by atoms with Gasteiger partial charge in [0.15, 0.2) is 0 Å². The molecule has 0 bridgehead atoms. The summed E-state index contributed by atoms with van der Waals surface area (Å²) >= 11 is 6.40. The predicted octanol–water partition coefficient (Wildman–Crippen LogP) is 5.51. The van der Waals surface area contributed by atoms with Crippen molar-refractivity contribution in [3.05, 3.63) is 64.7 Å². The van der Waals surface area contributed by atoms with Crippen LogP contribution in [-0.4, -0.2) is 37.1 Å². The number of unbranched alkanes of at least 4 members (excludes halogenated alkanes) is 3. The van der Waals surface area contributed by atoms with E-state index in [1.54, 1.807) is 12.1 Å². The minimum Gasteiger partial charge on any atom is -0.494 e. The van der Waals surface area contributed by atoms with E-state index in [1.165, 1.54) is 19.3 Å². The summed E-state index contributed by atoms with van der Waals surface area (Å²) in [6, 6.07) is 15.3. The maximum absolute atomic E-state index is 13.0. The zero-order chi connectivity index (χ0) is 19.8. The van der Waals surface area contributed by atoms with Gasteiger partial charge in [-0.25, -0.2) is 0 Å². The Morgan fingerprint density at radius 2 is 2.00 bits per heavy atom. The van der Waals surface area contributed by atoms with Gasteiger partial charge in [0.2, 0.25) is 0 Å². The van der Waals surface area contributed by atoms with Crippen molar-refractivity contribution in [3.8, 4) is 5.75 Å². The first kappa shape index (κ1) is 20.7. The van der Waals surface area contributed by atoms with Crippen LogP contribution < -0.4 is 4.74 Å². The van der Waals surface area contributed by atoms with Crippen LogP contribution >= 0.6 is 11.6 Å². The molecule has 1 unspecified atom stereocenters. The van der Waals surface area contributed by atoms with E-state index in [0.29, 0.717) is 42.6 Å². The van der Waals surface area contributed by atoms with Gasteiger partial charge in [0.05, 0.1) is 30.3 Å². The van der Waals surface area contributed by atoms with Crippen LogP contribution in [0.3, 0.4) is 0 Å². The maximum atomic E-state index is 13.0. The average Bonchev–Trinajstić information content (AvgIpc) is 2.74. The van der Waals surface area contributed by atoms with Crippen LogP contribution in [0.1, 0.15) is 54.6 Å². The van der Waals surface area contributed by atoms with Gasteiger partial charge in [-0.15, -0.1) is 0 Å². The van der Waals surface area contributed by atoms with Crippen molar-refractivity contribution >= 4 is 17.5 Å². The van der Waals surface area contributed by atoms with Crippen molar-refractivity contribution in [2.45, 2.75) is 38.7 Å². The van der Waals surface area contributed by atoms with E-state index < -0.39 is 0 Å². The molecule has 3 rings (SSSR count). The monoisotopic (exact) mass is 401 g/mol. The van der Waals surface area contributed by atoms with E-state index in [9.17, 15) is 4.79 Å². The molecule has 1 aliphatic rings. The lowest BCUT2D eigenvalue weighted by atomic mass is 10.1. The Morgan fingerprint density at radius 1 is 1.18 bits per heavy atom. The quantitative estimate of drug-likeness (QED) is 0.547. The normalized spacial score (nSPS) is 16.8. The zero-order valence-corrected chi connectivity index (χ0v) is 17.2. The summed E-state index contributed by atoms with van der Waals surface area (Å²) in [5.41, 5.74) is 1.59. The average molecular weight is 402 g/mol. The number of nitrogens with zero attached hydrogens (tertiary/aromatic N) is 1. The molecule has 1 heterocycles. The van der Waals surface area contributed by atoms with Crippen molar-refractivity contribution in [1.29, 1.82) is 0 Å². The number of hydrogen-bond donors (Lipinski definition) is 0. The first-order valence-electron chi connectivity index (χ1n) is 10.1. The van der Waals surface area contributed by atoms with Crippen LogP contribution in [0.25, 0.3) is 0 Å². The molecule has 150 valence electrons. The molecule has 0 saturated carbocycles. The van der Waals surface area contributed by atoms with Gasteiger partial charge in [-0.1, -0.05) is 68.1 Å². The van der Waals surface area contributed by atoms with Crippen molar-refractivity contribution in [3.63, 3.8) is 0 Å². The topological polar surface area (TPSA) is 38.8 Å². The molecule has 1 atom stereocenters. The number of carbonyl (C=O) groups is 1. The Morgan fingerprint density at radius 3 is 2.75 bits per heavy atom. The second kappa shape index (κ2) is 10.5. The molecular weight excluding hydrogens is 374 g/mol. The fourth-order valence-corrected chi connectivity index (χ4v) is 3.60. The Labute approximate surface area is 172 Å². The largest absolute Gasteiger partial charge is 0.494 e. The van der Waals surface area contributed by atoms with Crippen molar-refractivity contribution < 1.29 is 14.3 Å². The third-order valence-corrected chi connectivity index (χ3v) is 5.28. The number of benzene rings is 2. The van der Waals surface area contributed by atoms with Crippen LogP contribution in [0, 0.1) is 0 Å². The number of ether oxygens (including phenoxy) is 2. The third kappa shape index (κ3) is 5.49. The van der Waals surface area contributed by atoms with E-state index in [0.717, 1.165) is 12.0 Å². The first-order valence-corrected chi connectivity index (χ1v) is 10.4. The van der Waals surface area contributed by atoms with Crippen LogP contribution in [0.2, 0.25) is 5.02 Å². The highest BCUT2D eigenvalue weighted by molar-refractivity contribution is 6.34. The summed E-state index contributed by atoms with van der Waals surface area (Å²) < 4.78 is 11.6. The van der Waals surface area contributed by atoms with Gasteiger partial charge in [0.25, 0.3) is 5.91 Å². The highest BCUT2D eigenvalue weighted by Gasteiger charge is 2.27. The van der Waals surface area contributed by atoms with Crippen molar-refractivity contribution in [2.75, 3.05) is 26.3 Å². The van der Waals surface area contributed by atoms with E-state index in [-0.39, 0.29) is 12.0 Å². The molecule has 0 aliphatic carbocycles. The molecule has 4 nitrogen and oxygen atoms in total. The van der Waals surface area contributed by atoms with Gasteiger partial charge in [-0.2, -0.15) is 0 Å². The molecule has 5 heteroatoms. The highest BCUT2D eigenvalue weighted by Crippen LogP contribution is 2.27. The van der Waals surface area contributed by atoms with E-state index in [2.05, 4.69) is 6.92 Å². The minimum absolute atomic E-state index is 0.0660. The van der Waals surface area contributed by atoms with E-state index in [4.69, 9.17) is 21.1 Å². The lowest BCUT2D eigenvalue weighted by Gasteiger charge is -2.33. The smallest absolute Gasteiger partial charge is 0.255 e. The summed E-state index contributed by atoms with van der Waals surface area (Å²) in [5.74, 6) is 0.644. The summed E-state index contributed by atoms with van der Waals surface area (Å²) in [6.07, 6.45) is 4.51. The summed E-state index contributed by atoms with van der Waals surface area (Å²) in [5, 5.41) is 0.429. The van der Waals surface area contributed by atoms with Crippen molar-refractivity contribution in [2.24, 2.45) is 0 Å². The Balaban J connectivity index is 1.60. The molecule has 0 spiro atoms. The van der Waals surface area contributed by atoms with Crippen LogP contribution in [-0.2, 0) is 4.74 Å². The Bertz CT molecular complexity index is 766. The molecule has 1 aliphatic heterocycles. The number of morpholine rings is 1. The highest BCUT2D eigenvalue weighted by atomic mass is 35.5.